The van der Waals surface area contributed by atoms with Gasteiger partial charge in [0.25, 0.3) is 11.9 Å². The maximum Gasteiger partial charge on any atom is 0.337 e. The molecule has 0 saturated carbocycles. The van der Waals surface area contributed by atoms with Crippen molar-refractivity contribution in [3.63, 3.8) is 0 Å². The lowest BCUT2D eigenvalue weighted by Crippen LogP contribution is -2.34. The molecule has 134 heavy (non-hydrogen) atoms. The first kappa shape index (κ1) is 112. The molecule has 15 rings (SSSR count). The molecule has 0 N–H and O–H groups in total. The second-order valence-corrected chi connectivity index (χ2v) is 34.3. The van der Waals surface area contributed by atoms with Gasteiger partial charge in [-0.1, -0.05) is 51.2 Å². The molecule has 2 aliphatic heterocycles. The van der Waals surface area contributed by atoms with Gasteiger partial charge in [-0.3, -0.25) is 86.3 Å². The zero-order valence-corrected chi connectivity index (χ0v) is 78.5. The molecule has 0 fully saturated rings. The number of furan rings is 1. The number of methoxy groups -OCH3 is 6. The fraction of sp³-hybridized carbons (Fsp3) is 0.382. The summed E-state index contributed by atoms with van der Waals surface area (Å²) < 4.78 is 59.1. The first-order valence-electron chi connectivity index (χ1n) is 42.5. The monoisotopic (exact) mass is 1870 g/mol. The molecule has 5 heterocycles. The van der Waals surface area contributed by atoms with Gasteiger partial charge in [0.15, 0.2) is 93.9 Å². The largest absolute Gasteiger partial charge is 0.501 e. The Kier molecular flexibility index (Phi) is 48.4. The van der Waals surface area contributed by atoms with Gasteiger partial charge in [0.2, 0.25) is 11.6 Å². The molecule has 3 aromatic heterocycles. The predicted molar refractivity (Wildman–Crippen MR) is 493 cm³/mol. The lowest BCUT2D eigenvalue weighted by molar-refractivity contribution is -0.205. The number of allylic oxidation sites excluding steroid dienone is 24. The lowest BCUT2D eigenvalue weighted by atomic mass is 9.70. The maximum atomic E-state index is 11.5. The summed E-state index contributed by atoms with van der Waals surface area (Å²) in [5, 5.41) is 0.775. The van der Waals surface area contributed by atoms with E-state index < -0.39 is 17.5 Å². The molecule has 1 aromatic carbocycles. The van der Waals surface area contributed by atoms with Gasteiger partial charge in [0.05, 0.1) is 71.2 Å². The third kappa shape index (κ3) is 42.4. The number of rotatable bonds is 18. The van der Waals surface area contributed by atoms with E-state index in [0.717, 1.165) is 173 Å². The number of carbonyl (C=O) groups excluding carboxylic acids is 18. The van der Waals surface area contributed by atoms with Crippen molar-refractivity contribution in [3.05, 3.63) is 245 Å². The number of thiophene rings is 1. The summed E-state index contributed by atoms with van der Waals surface area (Å²) >= 11 is 1.34. The lowest BCUT2D eigenvalue weighted by Gasteiger charge is -2.34. The Bertz CT molecular complexity index is 5170. The molecule has 32 heteroatoms. The summed E-state index contributed by atoms with van der Waals surface area (Å²) in [6.45, 7) is 14.6. The fourth-order valence-electron chi connectivity index (χ4n) is 14.3. The third-order valence-corrected chi connectivity index (χ3v) is 21.2. The molecular formula is C102H116O31S. The van der Waals surface area contributed by atoms with Crippen molar-refractivity contribution in [2.75, 3.05) is 42.7 Å². The number of cyclic esters (lactones) is 1. The SMILES string of the molecule is CC1(C)CC(=O)C=C(C=O)C1.CC1(C)CC(C=O)=C/C(=C\C=O)C1.CC1(C)OC(=O)C=C(C=O)O1.CC1(C)OC(C=O)=C/C(=C\C=O)O1.COC1=CC2=CC(=O)CCC2CC1.COC1=CC2=CC3=CC(=O)CCC3CC2CC1.COc1cc(=O)cc(C=O)o1.COc1ccc(C=O)cc1.COc1ccc(C=O)o1.COc1ccc(C=O)s1.O=CC1=CC(=O)CC1.O=CC1=CC(=O)CCC1. The van der Waals surface area contributed by atoms with Crippen LogP contribution in [0, 0.1) is 28.6 Å². The minimum absolute atomic E-state index is 0.00579. The zero-order chi connectivity index (χ0) is 99.6. The first-order chi connectivity index (χ1) is 63.8. The summed E-state index contributed by atoms with van der Waals surface area (Å²) in [6, 6.07) is 15.8. The van der Waals surface area contributed by atoms with Gasteiger partial charge in [0, 0.05) is 102 Å². The van der Waals surface area contributed by atoms with Crippen molar-refractivity contribution in [2.24, 2.45) is 28.6 Å². The smallest absolute Gasteiger partial charge is 0.337 e. The normalized spacial score (nSPS) is 19.8. The summed E-state index contributed by atoms with van der Waals surface area (Å²) in [6.07, 6.45) is 45.1. The molecule has 3 atom stereocenters. The number of esters is 1. The van der Waals surface area contributed by atoms with E-state index >= 15 is 0 Å². The van der Waals surface area contributed by atoms with Crippen molar-refractivity contribution in [3.8, 4) is 22.7 Å². The number of ketones is 5. The molecular weight excluding hydrogens is 1750 g/mol. The summed E-state index contributed by atoms with van der Waals surface area (Å²) in [4.78, 5) is 199. The van der Waals surface area contributed by atoms with E-state index in [0.29, 0.717) is 120 Å². The number of benzene rings is 1. The van der Waals surface area contributed by atoms with E-state index in [1.54, 1.807) is 111 Å². The van der Waals surface area contributed by atoms with E-state index in [2.05, 4.69) is 35.5 Å². The topological polar surface area (TPSA) is 443 Å². The average Bonchev–Trinajstić information content (AvgIpc) is 0.794. The summed E-state index contributed by atoms with van der Waals surface area (Å²) in [5.41, 5.74) is 7.87. The average molecular weight is 1870 g/mol. The van der Waals surface area contributed by atoms with Crippen LogP contribution in [0.15, 0.2) is 227 Å². The molecule has 0 saturated heterocycles. The number of hydrogen-bond donors (Lipinski definition) is 0. The van der Waals surface area contributed by atoms with Crippen LogP contribution in [-0.4, -0.2) is 165 Å². The van der Waals surface area contributed by atoms with Crippen LogP contribution in [0.1, 0.15) is 212 Å². The van der Waals surface area contributed by atoms with Gasteiger partial charge in [-0.25, -0.2) is 4.79 Å². The Morgan fingerprint density at radius 2 is 0.858 bits per heavy atom. The minimum Gasteiger partial charge on any atom is -0.501 e. The van der Waals surface area contributed by atoms with E-state index in [9.17, 15) is 91.1 Å². The summed E-state index contributed by atoms with van der Waals surface area (Å²) in [7, 11) is 9.44. The highest BCUT2D eigenvalue weighted by molar-refractivity contribution is 7.15. The van der Waals surface area contributed by atoms with Crippen molar-refractivity contribution in [1.29, 1.82) is 0 Å². The Morgan fingerprint density at radius 1 is 0.358 bits per heavy atom. The first-order valence-corrected chi connectivity index (χ1v) is 43.4. The van der Waals surface area contributed by atoms with Gasteiger partial charge in [-0.15, -0.1) is 0 Å². The summed E-state index contributed by atoms with van der Waals surface area (Å²) in [5.74, 6) is 4.22. The molecule has 9 aliphatic carbocycles. The quantitative estimate of drug-likeness (QED) is 0.0507. The second kappa shape index (κ2) is 57.9. The molecule has 0 bridgehead atoms. The standard InChI is InChI=1S/C15H18O2.2C11H14O2.C9H10O4.C9H12O2.C8H8O2.C7H8O4.C7H6O4.C7H8O2.C6H6O3.C6H6O2S.C6H6O2/c1-17-15-5-3-11-6-10-2-4-14(16)8-12(10)7-13(11)9-15;1-13-11-5-3-8-2-4-10(12)6-9(8)7-11;1-11(2)6-9(3-4-12)5-10(7-11)8-13;1-9(2)12-7(3-4-10)5-8(6-11)13-9;1-9(2)4-7(6-10)3-8(11)5-9;1-10-8-4-2-7(6-9)3-5-8;1-7(2)10-5(4-8)3-6(9)11-7;1-10-7-3-5(9)2-6(4-8)11-7;8-5-6-2-1-3-7(9)4-6;2*1-8-6-3-2-5(4-7)9-6;7-4-5-1-2-6(8)3-5/h7-11H,2-6H2,1H3;6-8H,2-5H2,1H3;3-5,8H,6-7H2,1-2H3;3-6H,1-2H3;3,6H,4-5H2,1-2H3;2-6H,1H3;3-4H,1-2H3;2-4H,1H3;4-5H,1-3H2;2*2-4H,1H3;3-4H,1-2H2/b;;9-3+;7-3+;;;;;;;;. The number of hydrogen-bond acceptors (Lipinski definition) is 32. The Labute approximate surface area is 781 Å². The fourth-order valence-corrected chi connectivity index (χ4v) is 14.9. The Morgan fingerprint density at radius 3 is 1.31 bits per heavy atom. The molecule has 3 unspecified atom stereocenters. The molecule has 716 valence electrons. The number of ether oxygens (including phenoxy) is 10. The molecule has 11 aliphatic rings. The third-order valence-electron chi connectivity index (χ3n) is 20.3. The van der Waals surface area contributed by atoms with Crippen molar-refractivity contribution < 1.29 is 143 Å². The minimum atomic E-state index is -1.03. The highest BCUT2D eigenvalue weighted by atomic mass is 32.1. The second-order valence-electron chi connectivity index (χ2n) is 33.2. The molecule has 31 nitrogen and oxygen atoms in total. The number of carbonyl (C=O) groups is 18. The van der Waals surface area contributed by atoms with Gasteiger partial charge in [0.1, 0.15) is 55.5 Å². The van der Waals surface area contributed by atoms with E-state index in [4.69, 9.17) is 46.7 Å². The number of fused-ring (bicyclic) bond motifs is 3. The van der Waals surface area contributed by atoms with Crippen LogP contribution >= 0.6 is 11.3 Å². The van der Waals surface area contributed by atoms with Crippen molar-refractivity contribution >= 4 is 122 Å². The highest BCUT2D eigenvalue weighted by Gasteiger charge is 2.34. The van der Waals surface area contributed by atoms with Crippen LogP contribution < -0.4 is 24.4 Å². The van der Waals surface area contributed by atoms with E-state index in [1.807, 2.05) is 32.1 Å². The van der Waals surface area contributed by atoms with Crippen LogP contribution in [0.2, 0.25) is 0 Å². The van der Waals surface area contributed by atoms with Gasteiger partial charge in [-0.2, -0.15) is 0 Å². The maximum absolute atomic E-state index is 11.5. The van der Waals surface area contributed by atoms with Crippen molar-refractivity contribution in [2.45, 2.75) is 183 Å². The van der Waals surface area contributed by atoms with Gasteiger partial charge < -0.3 is 56.2 Å². The van der Waals surface area contributed by atoms with E-state index in [-0.39, 0.29) is 68.4 Å². The Hall–Kier alpha value is -14.2. The van der Waals surface area contributed by atoms with Crippen LogP contribution in [0.5, 0.6) is 22.7 Å². The van der Waals surface area contributed by atoms with Crippen LogP contribution in [0.4, 0.5) is 0 Å². The Balaban J connectivity index is 0.000000307. The molecule has 0 radical (unpaired) electrons. The van der Waals surface area contributed by atoms with Crippen molar-refractivity contribution in [1.82, 2.24) is 0 Å². The van der Waals surface area contributed by atoms with E-state index in [1.165, 1.54) is 91.6 Å². The molecule has 4 aromatic rings. The van der Waals surface area contributed by atoms with Crippen LogP contribution in [0.25, 0.3) is 0 Å². The zero-order valence-electron chi connectivity index (χ0n) is 77.7. The number of aldehydes is 12. The van der Waals surface area contributed by atoms with Gasteiger partial charge in [-0.05, 0) is 235 Å². The highest BCUT2D eigenvalue weighted by Crippen LogP contribution is 2.44. The van der Waals surface area contributed by atoms with Gasteiger partial charge >= 0.3 is 5.97 Å². The molecule has 0 spiro atoms. The molecule has 0 amide bonds. The van der Waals surface area contributed by atoms with Crippen LogP contribution in [-0.2, 0) is 95.5 Å². The predicted octanol–water partition coefficient (Wildman–Crippen LogP) is 16.2. The van der Waals surface area contributed by atoms with Crippen LogP contribution in [0.3, 0.4) is 0 Å².